The summed E-state index contributed by atoms with van der Waals surface area (Å²) in [5.74, 6) is 0. The van der Waals surface area contributed by atoms with E-state index in [0.717, 1.165) is 26.4 Å². The van der Waals surface area contributed by atoms with Crippen molar-refractivity contribution in [1.82, 2.24) is 0 Å². The van der Waals surface area contributed by atoms with E-state index in [0.29, 0.717) is 12.2 Å². The van der Waals surface area contributed by atoms with Crippen LogP contribution in [0.25, 0.3) is 0 Å². The van der Waals surface area contributed by atoms with Gasteiger partial charge in [-0.05, 0) is 0 Å². The van der Waals surface area contributed by atoms with Gasteiger partial charge in [0.2, 0.25) is 0 Å². The number of hydrogen-bond acceptors (Lipinski definition) is 5. The topological polar surface area (TPSA) is 68.4 Å². The lowest BCUT2D eigenvalue weighted by Gasteiger charge is -1.95. The monoisotopic (exact) mass is 188 g/mol. The Morgan fingerprint density at radius 1 is 1.08 bits per heavy atom. The Bertz CT molecular complexity index is 144. The molecule has 5 heteroatoms. The van der Waals surface area contributed by atoms with Crippen LogP contribution in [-0.4, -0.2) is 51.2 Å². The van der Waals surface area contributed by atoms with Crippen LogP contribution in [0.3, 0.4) is 0 Å². The second kappa shape index (κ2) is 5.80. The second-order valence-corrected chi connectivity index (χ2v) is 2.72. The summed E-state index contributed by atoms with van der Waals surface area (Å²) in [7, 11) is 0. The van der Waals surface area contributed by atoms with Crippen molar-refractivity contribution in [3.63, 3.8) is 0 Å². The van der Waals surface area contributed by atoms with Crippen LogP contribution < -0.4 is 0 Å². The van der Waals surface area contributed by atoms with Crippen molar-refractivity contribution >= 4 is 12.6 Å². The van der Waals surface area contributed by atoms with Gasteiger partial charge in [0, 0.05) is 0 Å². The fourth-order valence-electron chi connectivity index (χ4n) is 0.659. The minimum Gasteiger partial charge on any atom is -0.376 e. The smallest absolute Gasteiger partial charge is 0.182 e. The zero-order valence-corrected chi connectivity index (χ0v) is 7.18. The first-order chi connectivity index (χ1) is 6.36. The molecule has 13 heavy (non-hydrogen) atoms. The molecule has 0 aliphatic carbocycles. The summed E-state index contributed by atoms with van der Waals surface area (Å²) in [6.07, 6.45) is 1.17. The third kappa shape index (κ3) is 6.39. The summed E-state index contributed by atoms with van der Waals surface area (Å²) >= 11 is 0. The van der Waals surface area contributed by atoms with Crippen molar-refractivity contribution in [3.05, 3.63) is 0 Å². The molecular formula is C8H12O5. The zero-order valence-electron chi connectivity index (χ0n) is 7.18. The molecule has 0 aromatic heterocycles. The Hall–Kier alpha value is -0.780. The number of hydrogen-bond donors (Lipinski definition) is 0. The van der Waals surface area contributed by atoms with Gasteiger partial charge >= 0.3 is 0 Å². The highest BCUT2D eigenvalue weighted by Gasteiger charge is 2.26. The molecule has 0 radical (unpaired) electrons. The fraction of sp³-hybridized carbons (Fsp3) is 0.750. The van der Waals surface area contributed by atoms with Gasteiger partial charge in [-0.1, -0.05) is 0 Å². The minimum absolute atomic E-state index is 0.194. The summed E-state index contributed by atoms with van der Waals surface area (Å²) in [6.45, 7) is 3.26. The summed E-state index contributed by atoms with van der Waals surface area (Å²) < 4.78 is 15.1. The van der Waals surface area contributed by atoms with E-state index in [1.165, 1.54) is 0 Å². The molecule has 0 aromatic rings. The highest BCUT2D eigenvalue weighted by molar-refractivity contribution is 6.09. The van der Waals surface area contributed by atoms with E-state index in [4.69, 9.17) is 23.8 Å². The zero-order chi connectivity index (χ0) is 9.52. The average molecular weight is 188 g/mol. The molecular weight excluding hydrogens is 176 g/mol. The summed E-state index contributed by atoms with van der Waals surface area (Å²) in [6, 6.07) is 0. The van der Waals surface area contributed by atoms with E-state index in [9.17, 15) is 0 Å². The number of epoxide rings is 2. The van der Waals surface area contributed by atoms with E-state index < -0.39 is 0 Å². The Balaban J connectivity index is 0.000000184. The van der Waals surface area contributed by atoms with Crippen LogP contribution in [0.4, 0.5) is 0 Å². The molecule has 2 fully saturated rings. The van der Waals surface area contributed by atoms with Crippen LogP contribution in [0, 0.1) is 0 Å². The lowest BCUT2D eigenvalue weighted by Crippen LogP contribution is -2.06. The number of carbonyl (C=O) groups excluding carboxylic acids is 2. The lowest BCUT2D eigenvalue weighted by molar-refractivity contribution is -0.122. The van der Waals surface area contributed by atoms with Crippen molar-refractivity contribution in [1.29, 1.82) is 0 Å². The van der Waals surface area contributed by atoms with Gasteiger partial charge in [0.15, 0.2) is 12.6 Å². The van der Waals surface area contributed by atoms with Gasteiger partial charge in [-0.2, -0.15) is 0 Å². The number of ether oxygens (including phenoxy) is 3. The Morgan fingerprint density at radius 3 is 1.69 bits per heavy atom. The summed E-state index contributed by atoms with van der Waals surface area (Å²) in [4.78, 5) is 17.6. The van der Waals surface area contributed by atoms with Crippen LogP contribution in [0.2, 0.25) is 0 Å². The van der Waals surface area contributed by atoms with Gasteiger partial charge in [0.25, 0.3) is 0 Å². The van der Waals surface area contributed by atoms with Crippen LogP contribution in [0.5, 0.6) is 0 Å². The lowest BCUT2D eigenvalue weighted by atomic mass is 10.5. The Morgan fingerprint density at radius 2 is 1.46 bits per heavy atom. The molecule has 0 saturated carbocycles. The molecule has 2 heterocycles. The standard InChI is InChI=1S/C6H10O3.C2H2O2/c1(5-3-8-5)7-2-6-4-9-6;3-1-2-4/h5-6H,1-4H2;1-2H. The molecule has 2 aliphatic rings. The molecule has 2 aliphatic heterocycles. The molecule has 5 nitrogen and oxygen atoms in total. The normalized spacial score (nSPS) is 28.3. The Labute approximate surface area is 76.0 Å². The number of rotatable bonds is 5. The molecule has 0 amide bonds. The molecule has 74 valence electrons. The maximum absolute atomic E-state index is 8.81. The maximum atomic E-state index is 8.81. The molecule has 0 spiro atoms. The molecule has 0 aromatic carbocycles. The van der Waals surface area contributed by atoms with E-state index in [2.05, 4.69) is 0 Å². The van der Waals surface area contributed by atoms with Gasteiger partial charge in [0.05, 0.1) is 26.4 Å². The van der Waals surface area contributed by atoms with E-state index in [1.54, 1.807) is 0 Å². The third-order valence-corrected chi connectivity index (χ3v) is 1.47. The van der Waals surface area contributed by atoms with Gasteiger partial charge < -0.3 is 14.2 Å². The third-order valence-electron chi connectivity index (χ3n) is 1.47. The average Bonchev–Trinajstić information content (AvgIpc) is 2.98. The van der Waals surface area contributed by atoms with Gasteiger partial charge in [-0.25, -0.2) is 0 Å². The van der Waals surface area contributed by atoms with Crippen LogP contribution >= 0.6 is 0 Å². The number of aldehydes is 2. The van der Waals surface area contributed by atoms with Crippen LogP contribution in [-0.2, 0) is 23.8 Å². The summed E-state index contributed by atoms with van der Waals surface area (Å²) in [5.41, 5.74) is 0. The van der Waals surface area contributed by atoms with Crippen molar-refractivity contribution in [2.45, 2.75) is 12.2 Å². The minimum atomic E-state index is 0.194. The first-order valence-electron chi connectivity index (χ1n) is 4.06. The first-order valence-corrected chi connectivity index (χ1v) is 4.06. The van der Waals surface area contributed by atoms with Crippen molar-refractivity contribution < 1.29 is 23.8 Å². The highest BCUT2D eigenvalue weighted by atomic mass is 16.6. The largest absolute Gasteiger partial charge is 0.376 e. The highest BCUT2D eigenvalue weighted by Crippen LogP contribution is 2.12. The van der Waals surface area contributed by atoms with E-state index in [-0.39, 0.29) is 12.6 Å². The molecule has 2 unspecified atom stereocenters. The van der Waals surface area contributed by atoms with Gasteiger partial charge in [-0.15, -0.1) is 0 Å². The van der Waals surface area contributed by atoms with E-state index in [1.807, 2.05) is 0 Å². The molecule has 2 atom stereocenters. The second-order valence-electron chi connectivity index (χ2n) is 2.72. The Kier molecular flexibility index (Phi) is 4.59. The van der Waals surface area contributed by atoms with Gasteiger partial charge in [-0.3, -0.25) is 9.59 Å². The molecule has 0 N–H and O–H groups in total. The predicted molar refractivity (Wildman–Crippen MR) is 42.4 cm³/mol. The molecule has 2 saturated heterocycles. The fourth-order valence-corrected chi connectivity index (χ4v) is 0.659. The molecule has 0 bridgehead atoms. The van der Waals surface area contributed by atoms with Crippen molar-refractivity contribution in [3.8, 4) is 0 Å². The SMILES string of the molecule is C(OCC1CO1)C1CO1.O=CC=O. The van der Waals surface area contributed by atoms with Crippen LogP contribution in [0.1, 0.15) is 0 Å². The quantitative estimate of drug-likeness (QED) is 0.320. The predicted octanol–water partition coefficient (Wildman–Crippen LogP) is -0.815. The van der Waals surface area contributed by atoms with Crippen molar-refractivity contribution in [2.75, 3.05) is 26.4 Å². The van der Waals surface area contributed by atoms with Crippen LogP contribution in [0.15, 0.2) is 0 Å². The summed E-state index contributed by atoms with van der Waals surface area (Å²) in [5, 5.41) is 0. The first kappa shape index (κ1) is 10.3. The van der Waals surface area contributed by atoms with E-state index >= 15 is 0 Å². The molecule has 2 rings (SSSR count). The van der Waals surface area contributed by atoms with Crippen molar-refractivity contribution in [2.24, 2.45) is 0 Å². The maximum Gasteiger partial charge on any atom is 0.182 e. The number of carbonyl (C=O) groups is 2. The van der Waals surface area contributed by atoms with Gasteiger partial charge in [0.1, 0.15) is 12.2 Å².